The lowest BCUT2D eigenvalue weighted by Gasteiger charge is -2.36. The van der Waals surface area contributed by atoms with E-state index in [1.165, 1.54) is 6.07 Å². The molecule has 0 N–H and O–H groups in total. The largest absolute Gasteiger partial charge is 0.417 e. The van der Waals surface area contributed by atoms with Gasteiger partial charge in [-0.05, 0) is 12.1 Å². The zero-order chi connectivity index (χ0) is 20.4. The molecule has 0 spiro atoms. The van der Waals surface area contributed by atoms with Crippen LogP contribution in [0.2, 0.25) is 0 Å². The number of piperazine rings is 1. The quantitative estimate of drug-likeness (QED) is 0.722. The number of sulfonamides is 1. The minimum absolute atomic E-state index is 0.0383. The molecule has 156 valence electrons. The van der Waals surface area contributed by atoms with Crippen molar-refractivity contribution >= 4 is 15.9 Å². The van der Waals surface area contributed by atoms with Crippen molar-refractivity contribution < 1.29 is 31.1 Å². The van der Waals surface area contributed by atoms with Crippen molar-refractivity contribution in [2.24, 2.45) is 0 Å². The molecule has 2 saturated heterocycles. The zero-order valence-corrected chi connectivity index (χ0v) is 16.0. The Labute approximate surface area is 161 Å². The second-order valence-corrected chi connectivity index (χ2v) is 8.57. The molecule has 0 aliphatic carbocycles. The van der Waals surface area contributed by atoms with E-state index in [0.717, 1.165) is 22.5 Å². The topological polar surface area (TPSA) is 70.2 Å². The number of hydrogen-bond donors (Lipinski definition) is 0. The third-order valence-corrected chi connectivity index (χ3v) is 6.82. The highest BCUT2D eigenvalue weighted by Gasteiger charge is 2.39. The molecule has 1 aromatic carbocycles. The average molecular weight is 421 g/mol. The summed E-state index contributed by atoms with van der Waals surface area (Å²) in [7, 11) is -4.30. The van der Waals surface area contributed by atoms with Gasteiger partial charge < -0.3 is 9.64 Å². The Hall–Kier alpha value is -1.69. The number of nitrogens with zero attached hydrogens (tertiary/aromatic N) is 3. The van der Waals surface area contributed by atoms with Crippen LogP contribution in [-0.4, -0.2) is 87.5 Å². The van der Waals surface area contributed by atoms with Gasteiger partial charge >= 0.3 is 6.18 Å². The van der Waals surface area contributed by atoms with Crippen LogP contribution in [0, 0.1) is 0 Å². The van der Waals surface area contributed by atoms with Crippen LogP contribution in [0.3, 0.4) is 0 Å². The standard InChI is InChI=1S/C17H22F3N3O4S/c18-17(19,20)14-3-1-2-4-15(14)28(25,26)23-7-5-22(6-8-23)16(24)13-21-9-11-27-12-10-21/h1-4H,5-13H2. The van der Waals surface area contributed by atoms with Crippen molar-refractivity contribution in [2.75, 3.05) is 59.0 Å². The molecule has 2 aliphatic rings. The second kappa shape index (κ2) is 8.36. The number of ether oxygens (including phenoxy) is 1. The van der Waals surface area contributed by atoms with E-state index in [9.17, 15) is 26.4 Å². The number of amides is 1. The zero-order valence-electron chi connectivity index (χ0n) is 15.2. The van der Waals surface area contributed by atoms with E-state index >= 15 is 0 Å². The maximum atomic E-state index is 13.2. The van der Waals surface area contributed by atoms with E-state index in [0.29, 0.717) is 26.3 Å². The van der Waals surface area contributed by atoms with Crippen LogP contribution >= 0.6 is 0 Å². The van der Waals surface area contributed by atoms with E-state index < -0.39 is 26.7 Å². The van der Waals surface area contributed by atoms with Crippen molar-refractivity contribution in [1.82, 2.24) is 14.1 Å². The molecule has 0 aromatic heterocycles. The molecule has 2 aliphatic heterocycles. The maximum Gasteiger partial charge on any atom is 0.417 e. The van der Waals surface area contributed by atoms with Crippen LogP contribution in [0.4, 0.5) is 13.2 Å². The fourth-order valence-corrected chi connectivity index (χ4v) is 4.93. The van der Waals surface area contributed by atoms with Crippen LogP contribution in [0.5, 0.6) is 0 Å². The van der Waals surface area contributed by atoms with Gasteiger partial charge in [0.05, 0.1) is 30.2 Å². The maximum absolute atomic E-state index is 13.2. The van der Waals surface area contributed by atoms with Crippen LogP contribution in [0.1, 0.15) is 5.56 Å². The second-order valence-electron chi connectivity index (χ2n) is 6.67. The molecule has 0 saturated carbocycles. The number of carbonyl (C=O) groups excluding carboxylic acids is 1. The van der Waals surface area contributed by atoms with Crippen molar-refractivity contribution in [3.05, 3.63) is 29.8 Å². The summed E-state index contributed by atoms with van der Waals surface area (Å²) in [5.74, 6) is -0.116. The predicted molar refractivity (Wildman–Crippen MR) is 94.0 cm³/mol. The molecule has 1 amide bonds. The highest BCUT2D eigenvalue weighted by atomic mass is 32.2. The normalized spacial score (nSPS) is 20.3. The summed E-state index contributed by atoms with van der Waals surface area (Å²) in [4.78, 5) is 15.2. The van der Waals surface area contributed by atoms with Gasteiger partial charge in [0.25, 0.3) is 0 Å². The summed E-state index contributed by atoms with van der Waals surface area (Å²) in [5.41, 5.74) is -1.18. The summed E-state index contributed by atoms with van der Waals surface area (Å²) in [5, 5.41) is 0. The van der Waals surface area contributed by atoms with Crippen LogP contribution < -0.4 is 0 Å². The third kappa shape index (κ3) is 4.65. The van der Waals surface area contributed by atoms with Crippen molar-refractivity contribution in [2.45, 2.75) is 11.1 Å². The lowest BCUT2D eigenvalue weighted by molar-refractivity contribution is -0.140. The summed E-state index contributed by atoms with van der Waals surface area (Å²) in [6.07, 6.45) is -4.76. The van der Waals surface area contributed by atoms with Crippen LogP contribution in [-0.2, 0) is 25.7 Å². The first-order valence-electron chi connectivity index (χ1n) is 8.94. The molecule has 0 bridgehead atoms. The third-order valence-electron chi connectivity index (χ3n) is 4.86. The summed E-state index contributed by atoms with van der Waals surface area (Å²) in [6.45, 7) is 2.91. The Bertz CT molecular complexity index is 802. The Balaban J connectivity index is 1.65. The Morgan fingerprint density at radius 2 is 1.61 bits per heavy atom. The molecule has 28 heavy (non-hydrogen) atoms. The summed E-state index contributed by atoms with van der Waals surface area (Å²) in [6, 6.07) is 4.15. The highest BCUT2D eigenvalue weighted by Crippen LogP contribution is 2.35. The van der Waals surface area contributed by atoms with E-state index in [-0.39, 0.29) is 38.6 Å². The molecule has 2 fully saturated rings. The van der Waals surface area contributed by atoms with Gasteiger partial charge in [0, 0.05) is 39.3 Å². The minimum Gasteiger partial charge on any atom is -0.379 e. The molecule has 0 radical (unpaired) electrons. The number of carbonyl (C=O) groups is 1. The SMILES string of the molecule is O=C(CN1CCOCC1)N1CCN(S(=O)(=O)c2ccccc2C(F)(F)F)CC1. The average Bonchev–Trinajstić information content (AvgIpc) is 2.68. The molecule has 7 nitrogen and oxygen atoms in total. The van der Waals surface area contributed by atoms with Gasteiger partial charge in [0.2, 0.25) is 15.9 Å². The number of benzene rings is 1. The number of morpholine rings is 1. The first-order chi connectivity index (χ1) is 13.2. The lowest BCUT2D eigenvalue weighted by Crippen LogP contribution is -2.53. The fraction of sp³-hybridized carbons (Fsp3) is 0.588. The van der Waals surface area contributed by atoms with Crippen LogP contribution in [0.25, 0.3) is 0 Å². The van der Waals surface area contributed by atoms with Crippen molar-refractivity contribution in [1.29, 1.82) is 0 Å². The minimum atomic E-state index is -4.76. The fourth-order valence-electron chi connectivity index (χ4n) is 3.29. The number of alkyl halides is 3. The van der Waals surface area contributed by atoms with Crippen LogP contribution in [0.15, 0.2) is 29.2 Å². The van der Waals surface area contributed by atoms with E-state index in [1.807, 2.05) is 4.90 Å². The first kappa shape index (κ1) is 21.0. The molecular formula is C17H22F3N3O4S. The molecule has 1 aromatic rings. The van der Waals surface area contributed by atoms with Crippen molar-refractivity contribution in [3.8, 4) is 0 Å². The number of halogens is 3. The van der Waals surface area contributed by atoms with Gasteiger partial charge in [0.15, 0.2) is 0 Å². The molecule has 2 heterocycles. The molecular weight excluding hydrogens is 399 g/mol. The van der Waals surface area contributed by atoms with Gasteiger partial charge in [0.1, 0.15) is 0 Å². The smallest absolute Gasteiger partial charge is 0.379 e. The summed E-state index contributed by atoms with van der Waals surface area (Å²) >= 11 is 0. The molecule has 3 rings (SSSR count). The van der Waals surface area contributed by atoms with E-state index in [1.54, 1.807) is 4.90 Å². The first-order valence-corrected chi connectivity index (χ1v) is 10.4. The number of hydrogen-bond acceptors (Lipinski definition) is 5. The van der Waals surface area contributed by atoms with Crippen molar-refractivity contribution in [3.63, 3.8) is 0 Å². The van der Waals surface area contributed by atoms with Gasteiger partial charge in [-0.3, -0.25) is 9.69 Å². The predicted octanol–water partition coefficient (Wildman–Crippen LogP) is 0.871. The molecule has 0 atom stereocenters. The Morgan fingerprint density at radius 3 is 2.21 bits per heavy atom. The van der Waals surface area contributed by atoms with Gasteiger partial charge in [-0.2, -0.15) is 17.5 Å². The molecule has 0 unspecified atom stereocenters. The van der Waals surface area contributed by atoms with Gasteiger partial charge in [-0.15, -0.1) is 0 Å². The monoisotopic (exact) mass is 421 g/mol. The number of rotatable bonds is 4. The van der Waals surface area contributed by atoms with E-state index in [4.69, 9.17) is 4.74 Å². The molecule has 11 heteroatoms. The summed E-state index contributed by atoms with van der Waals surface area (Å²) < 4.78 is 71.3. The Morgan fingerprint density at radius 1 is 1.00 bits per heavy atom. The lowest BCUT2D eigenvalue weighted by atomic mass is 10.2. The van der Waals surface area contributed by atoms with Gasteiger partial charge in [-0.1, -0.05) is 12.1 Å². The Kier molecular flexibility index (Phi) is 6.28. The highest BCUT2D eigenvalue weighted by molar-refractivity contribution is 7.89. The van der Waals surface area contributed by atoms with Gasteiger partial charge in [-0.25, -0.2) is 8.42 Å². The van der Waals surface area contributed by atoms with E-state index in [2.05, 4.69) is 0 Å².